The van der Waals surface area contributed by atoms with Crippen molar-refractivity contribution < 1.29 is 13.3 Å². The van der Waals surface area contributed by atoms with Crippen molar-refractivity contribution in [3.8, 4) is 56.7 Å². The SMILES string of the molecule is c1ccc(-c2ccc(-c3nc4c(-c5nc(-c6ccccc6)nc(-c6cccc7oc8ccccc8c67)n5)c5c(cc4o3)oc3ccccc35)cc2)cc1. The van der Waals surface area contributed by atoms with Crippen molar-refractivity contribution in [2.45, 2.75) is 0 Å². The minimum atomic E-state index is 0.458. The Morgan fingerprint density at radius 1 is 0.340 bits per heavy atom. The Morgan fingerprint density at radius 2 is 0.906 bits per heavy atom. The molecule has 4 heterocycles. The molecule has 0 spiro atoms. The van der Waals surface area contributed by atoms with Crippen molar-refractivity contribution in [2.75, 3.05) is 0 Å². The molecule has 0 bridgehead atoms. The molecule has 248 valence electrons. The van der Waals surface area contributed by atoms with Crippen LogP contribution in [0.15, 0.2) is 171 Å². The van der Waals surface area contributed by atoms with Gasteiger partial charge in [0, 0.05) is 44.3 Å². The van der Waals surface area contributed by atoms with E-state index in [0.717, 1.165) is 66.1 Å². The van der Waals surface area contributed by atoms with Gasteiger partial charge < -0.3 is 13.3 Å². The molecule has 0 saturated carbocycles. The van der Waals surface area contributed by atoms with Crippen molar-refractivity contribution >= 4 is 55.0 Å². The fourth-order valence-electron chi connectivity index (χ4n) is 7.33. The van der Waals surface area contributed by atoms with E-state index in [1.807, 2.05) is 121 Å². The van der Waals surface area contributed by atoms with Crippen molar-refractivity contribution in [3.05, 3.63) is 158 Å². The number of nitrogens with zero attached hydrogens (tertiary/aromatic N) is 4. The molecule has 0 unspecified atom stereocenters. The number of para-hydroxylation sites is 2. The van der Waals surface area contributed by atoms with Gasteiger partial charge in [-0.3, -0.25) is 0 Å². The molecule has 0 amide bonds. The Bertz CT molecular complexity index is 3160. The van der Waals surface area contributed by atoms with Gasteiger partial charge in [-0.15, -0.1) is 0 Å². The van der Waals surface area contributed by atoms with Gasteiger partial charge in [-0.1, -0.05) is 121 Å². The van der Waals surface area contributed by atoms with Crippen LogP contribution in [-0.4, -0.2) is 19.9 Å². The smallest absolute Gasteiger partial charge is 0.227 e. The van der Waals surface area contributed by atoms with E-state index in [2.05, 4.69) is 36.4 Å². The average Bonchev–Trinajstić information content (AvgIpc) is 3.94. The fraction of sp³-hybridized carbons (Fsp3) is 0. The van der Waals surface area contributed by atoms with Crippen LogP contribution in [0, 0.1) is 0 Å². The first-order valence-electron chi connectivity index (χ1n) is 17.4. The Hall–Kier alpha value is -7.38. The number of rotatable bonds is 5. The second kappa shape index (κ2) is 11.6. The molecule has 4 aromatic heterocycles. The molecule has 0 aliphatic carbocycles. The molecule has 0 aliphatic rings. The van der Waals surface area contributed by atoms with Gasteiger partial charge >= 0.3 is 0 Å². The number of aromatic nitrogens is 4. The van der Waals surface area contributed by atoms with Crippen LogP contribution < -0.4 is 0 Å². The standard InChI is InChI=1S/C46H26N4O3/c1-3-12-27(13-4-1)28-22-24-30(25-23-28)46-47-42-38(53-46)26-37-40(32-17-8-10-20-35(32)52-37)41(42)45-49-43(29-14-5-2-6-15-29)48-44(50-45)33-18-11-21-36-39(33)31-16-7-9-19-34(31)51-36/h1-26H. The molecule has 0 atom stereocenters. The highest BCUT2D eigenvalue weighted by Crippen LogP contribution is 2.43. The minimum Gasteiger partial charge on any atom is -0.456 e. The molecular weight excluding hydrogens is 657 g/mol. The molecule has 0 saturated heterocycles. The predicted molar refractivity (Wildman–Crippen MR) is 209 cm³/mol. The Labute approximate surface area is 301 Å². The van der Waals surface area contributed by atoms with Crippen LogP contribution in [0.3, 0.4) is 0 Å². The Morgan fingerprint density at radius 3 is 1.66 bits per heavy atom. The maximum atomic E-state index is 6.54. The summed E-state index contributed by atoms with van der Waals surface area (Å²) in [5.41, 5.74) is 9.70. The maximum Gasteiger partial charge on any atom is 0.227 e. The zero-order valence-electron chi connectivity index (χ0n) is 28.0. The molecule has 0 N–H and O–H groups in total. The number of hydrogen-bond donors (Lipinski definition) is 0. The molecule has 7 heteroatoms. The summed E-state index contributed by atoms with van der Waals surface area (Å²) in [4.78, 5) is 20.7. The van der Waals surface area contributed by atoms with E-state index in [1.54, 1.807) is 0 Å². The second-order valence-corrected chi connectivity index (χ2v) is 13.0. The van der Waals surface area contributed by atoms with Crippen molar-refractivity contribution in [1.82, 2.24) is 19.9 Å². The van der Waals surface area contributed by atoms with Gasteiger partial charge in [-0.05, 0) is 41.5 Å². The van der Waals surface area contributed by atoms with E-state index < -0.39 is 0 Å². The summed E-state index contributed by atoms with van der Waals surface area (Å²) in [6, 6.07) is 52.4. The molecule has 0 aliphatic heterocycles. The van der Waals surface area contributed by atoms with Crippen molar-refractivity contribution in [1.29, 1.82) is 0 Å². The highest BCUT2D eigenvalue weighted by atomic mass is 16.4. The molecule has 7 aromatic carbocycles. The van der Waals surface area contributed by atoms with E-state index in [1.165, 1.54) is 0 Å². The van der Waals surface area contributed by atoms with Crippen LogP contribution in [0.5, 0.6) is 0 Å². The highest BCUT2D eigenvalue weighted by molar-refractivity contribution is 6.19. The largest absolute Gasteiger partial charge is 0.456 e. The van der Waals surface area contributed by atoms with E-state index in [-0.39, 0.29) is 0 Å². The maximum absolute atomic E-state index is 6.54. The van der Waals surface area contributed by atoms with Crippen LogP contribution in [0.4, 0.5) is 0 Å². The van der Waals surface area contributed by atoms with E-state index >= 15 is 0 Å². The summed E-state index contributed by atoms with van der Waals surface area (Å²) in [7, 11) is 0. The molecular formula is C46H26N4O3. The van der Waals surface area contributed by atoms with Gasteiger partial charge in [-0.25, -0.2) is 19.9 Å². The lowest BCUT2D eigenvalue weighted by molar-refractivity contribution is 0.617. The first-order chi connectivity index (χ1) is 26.2. The monoisotopic (exact) mass is 682 g/mol. The first kappa shape index (κ1) is 29.4. The minimum absolute atomic E-state index is 0.458. The number of oxazole rings is 1. The van der Waals surface area contributed by atoms with E-state index in [0.29, 0.717) is 45.6 Å². The molecule has 0 radical (unpaired) electrons. The first-order valence-corrected chi connectivity index (χ1v) is 17.4. The van der Waals surface area contributed by atoms with Gasteiger partial charge in [0.05, 0.1) is 5.56 Å². The molecule has 7 nitrogen and oxygen atoms in total. The summed E-state index contributed by atoms with van der Waals surface area (Å²) in [5, 5.41) is 3.72. The molecule has 11 rings (SSSR count). The van der Waals surface area contributed by atoms with Crippen LogP contribution >= 0.6 is 0 Å². The molecule has 0 fully saturated rings. The molecule has 53 heavy (non-hydrogen) atoms. The zero-order chi connectivity index (χ0) is 34.9. The number of fused-ring (bicyclic) bond motifs is 7. The van der Waals surface area contributed by atoms with Crippen LogP contribution in [0.1, 0.15) is 0 Å². The van der Waals surface area contributed by atoms with E-state index in [4.69, 9.17) is 33.2 Å². The van der Waals surface area contributed by atoms with Gasteiger partial charge in [0.25, 0.3) is 0 Å². The second-order valence-electron chi connectivity index (χ2n) is 13.0. The highest BCUT2D eigenvalue weighted by Gasteiger charge is 2.25. The summed E-state index contributed by atoms with van der Waals surface area (Å²) in [6.07, 6.45) is 0. The number of furan rings is 2. The predicted octanol–water partition coefficient (Wildman–Crippen LogP) is 12.1. The normalized spacial score (nSPS) is 11.8. The van der Waals surface area contributed by atoms with Gasteiger partial charge in [0.2, 0.25) is 5.89 Å². The Balaban J connectivity index is 1.19. The zero-order valence-corrected chi connectivity index (χ0v) is 28.0. The topological polar surface area (TPSA) is 91.0 Å². The number of benzene rings is 7. The fourth-order valence-corrected chi connectivity index (χ4v) is 7.33. The number of hydrogen-bond acceptors (Lipinski definition) is 7. The van der Waals surface area contributed by atoms with E-state index in [9.17, 15) is 0 Å². The lowest BCUT2D eigenvalue weighted by Crippen LogP contribution is -2.01. The molecule has 11 aromatic rings. The lowest BCUT2D eigenvalue weighted by Gasteiger charge is -2.10. The third-order valence-electron chi connectivity index (χ3n) is 9.80. The lowest BCUT2D eigenvalue weighted by atomic mass is 10.0. The quantitative estimate of drug-likeness (QED) is 0.178. The summed E-state index contributed by atoms with van der Waals surface area (Å²) in [5.74, 6) is 2.00. The van der Waals surface area contributed by atoms with Crippen LogP contribution in [0.25, 0.3) is 112 Å². The van der Waals surface area contributed by atoms with Crippen LogP contribution in [-0.2, 0) is 0 Å². The summed E-state index contributed by atoms with van der Waals surface area (Å²) in [6.45, 7) is 0. The van der Waals surface area contributed by atoms with Crippen LogP contribution in [0.2, 0.25) is 0 Å². The van der Waals surface area contributed by atoms with Crippen molar-refractivity contribution in [3.63, 3.8) is 0 Å². The summed E-state index contributed by atoms with van der Waals surface area (Å²) >= 11 is 0. The van der Waals surface area contributed by atoms with Gasteiger partial charge in [0.15, 0.2) is 23.1 Å². The third kappa shape index (κ3) is 4.75. The summed E-state index contributed by atoms with van der Waals surface area (Å²) < 4.78 is 19.3. The van der Waals surface area contributed by atoms with Gasteiger partial charge in [0.1, 0.15) is 27.8 Å². The average molecular weight is 683 g/mol. The Kier molecular flexibility index (Phi) is 6.42. The third-order valence-corrected chi connectivity index (χ3v) is 9.80. The van der Waals surface area contributed by atoms with Crippen molar-refractivity contribution in [2.24, 2.45) is 0 Å². The van der Waals surface area contributed by atoms with Gasteiger partial charge in [-0.2, -0.15) is 0 Å².